The number of aromatic nitrogens is 4. The zero-order chi connectivity index (χ0) is 26.7. The van der Waals surface area contributed by atoms with Gasteiger partial charge in [0.05, 0.1) is 0 Å². The molecule has 0 aliphatic rings. The van der Waals surface area contributed by atoms with Gasteiger partial charge in [0.15, 0.2) is 6.04 Å². The maximum atomic E-state index is 13.9. The lowest BCUT2D eigenvalue weighted by atomic mass is 10.1. The Balaban J connectivity index is 1.72. The molecule has 2 heterocycles. The molecule has 2 aromatic heterocycles. The van der Waals surface area contributed by atoms with Gasteiger partial charge in [-0.05, 0) is 76.6 Å². The van der Waals surface area contributed by atoms with Gasteiger partial charge in [-0.1, -0.05) is 42.0 Å². The summed E-state index contributed by atoms with van der Waals surface area (Å²) in [5, 5.41) is 15.6. The fraction of sp³-hybridized carbons (Fsp3) is 0.321. The summed E-state index contributed by atoms with van der Waals surface area (Å²) in [7, 11) is 0. The lowest BCUT2D eigenvalue weighted by molar-refractivity contribution is -0.128. The highest BCUT2D eigenvalue weighted by atomic mass is 16.3. The third-order valence-corrected chi connectivity index (χ3v) is 5.62. The van der Waals surface area contributed by atoms with Crippen molar-refractivity contribution in [1.82, 2.24) is 25.5 Å². The second-order valence-corrected chi connectivity index (χ2v) is 10.2. The Morgan fingerprint density at radius 2 is 1.73 bits per heavy atom. The van der Waals surface area contributed by atoms with Crippen LogP contribution in [0.2, 0.25) is 0 Å². The highest BCUT2D eigenvalue weighted by Gasteiger charge is 2.37. The number of benzene rings is 2. The number of furan rings is 1. The van der Waals surface area contributed by atoms with E-state index in [2.05, 4.69) is 20.7 Å². The Hall–Kier alpha value is -4.27. The van der Waals surface area contributed by atoms with Crippen molar-refractivity contribution in [2.75, 3.05) is 4.90 Å². The summed E-state index contributed by atoms with van der Waals surface area (Å²) in [6.07, 6.45) is 0. The molecule has 0 aliphatic heterocycles. The number of amides is 2. The molecule has 4 aromatic rings. The number of carbonyl (C=O) groups is 2. The van der Waals surface area contributed by atoms with E-state index in [0.29, 0.717) is 23.0 Å². The van der Waals surface area contributed by atoms with Crippen molar-refractivity contribution in [2.24, 2.45) is 0 Å². The van der Waals surface area contributed by atoms with E-state index in [9.17, 15) is 9.59 Å². The summed E-state index contributed by atoms with van der Waals surface area (Å²) in [4.78, 5) is 30.2. The average molecular weight is 501 g/mol. The van der Waals surface area contributed by atoms with Gasteiger partial charge in [-0.2, -0.15) is 4.80 Å². The van der Waals surface area contributed by atoms with E-state index in [1.165, 1.54) is 9.70 Å². The van der Waals surface area contributed by atoms with Crippen molar-refractivity contribution in [3.63, 3.8) is 0 Å². The van der Waals surface area contributed by atoms with Gasteiger partial charge in [0.2, 0.25) is 5.82 Å². The normalized spacial score (nSPS) is 12.3. The molecule has 9 heteroatoms. The van der Waals surface area contributed by atoms with Crippen LogP contribution in [0, 0.1) is 20.8 Å². The van der Waals surface area contributed by atoms with E-state index in [0.717, 1.165) is 16.7 Å². The van der Waals surface area contributed by atoms with Crippen molar-refractivity contribution in [1.29, 1.82) is 0 Å². The number of rotatable bonds is 7. The van der Waals surface area contributed by atoms with E-state index < -0.39 is 11.6 Å². The Morgan fingerprint density at radius 1 is 1.00 bits per heavy atom. The van der Waals surface area contributed by atoms with Gasteiger partial charge in [-0.25, -0.2) is 0 Å². The maximum Gasteiger partial charge on any atom is 0.251 e. The average Bonchev–Trinajstić information content (AvgIpc) is 3.45. The molecule has 0 radical (unpaired) electrons. The summed E-state index contributed by atoms with van der Waals surface area (Å²) >= 11 is 0. The summed E-state index contributed by atoms with van der Waals surface area (Å²) in [5.41, 5.74) is 2.91. The summed E-state index contributed by atoms with van der Waals surface area (Å²) in [5.74, 6) is 0.672. The van der Waals surface area contributed by atoms with Crippen LogP contribution in [0.15, 0.2) is 65.1 Å². The standard InChI is InChI=1S/C28H32N6O3/c1-18-10-13-21(14-11-18)26-30-32-33(31-26)17-24(35)34(22-9-7-8-19(2)16-22)25(23-15-12-20(3)37-23)27(36)29-28(4,5)6/h7-16,25H,17H2,1-6H3,(H,29,36). The van der Waals surface area contributed by atoms with Crippen molar-refractivity contribution in [3.05, 3.63) is 83.3 Å². The zero-order valence-corrected chi connectivity index (χ0v) is 22.0. The first-order valence-corrected chi connectivity index (χ1v) is 12.1. The Bertz CT molecular complexity index is 1400. The third-order valence-electron chi connectivity index (χ3n) is 5.62. The molecule has 4 rings (SSSR count). The molecule has 0 aliphatic carbocycles. The highest BCUT2D eigenvalue weighted by molar-refractivity contribution is 6.01. The van der Waals surface area contributed by atoms with Crippen molar-refractivity contribution in [3.8, 4) is 11.4 Å². The van der Waals surface area contributed by atoms with Crippen LogP contribution in [-0.2, 0) is 16.1 Å². The summed E-state index contributed by atoms with van der Waals surface area (Å²) < 4.78 is 5.88. The Kier molecular flexibility index (Phi) is 7.24. The van der Waals surface area contributed by atoms with E-state index in [-0.39, 0.29) is 18.4 Å². The number of aryl methyl sites for hydroxylation is 3. The minimum atomic E-state index is -1.04. The fourth-order valence-corrected chi connectivity index (χ4v) is 3.95. The molecule has 9 nitrogen and oxygen atoms in total. The number of anilines is 1. The molecule has 0 saturated carbocycles. The predicted molar refractivity (Wildman–Crippen MR) is 141 cm³/mol. The minimum Gasteiger partial charge on any atom is -0.464 e. The molecule has 2 aromatic carbocycles. The largest absolute Gasteiger partial charge is 0.464 e. The van der Waals surface area contributed by atoms with E-state index in [4.69, 9.17) is 4.42 Å². The first-order valence-electron chi connectivity index (χ1n) is 12.1. The number of hydrogen-bond acceptors (Lipinski definition) is 6. The van der Waals surface area contributed by atoms with Crippen LogP contribution in [0.3, 0.4) is 0 Å². The van der Waals surface area contributed by atoms with Crippen LogP contribution in [0.1, 0.15) is 49.5 Å². The van der Waals surface area contributed by atoms with Gasteiger partial charge in [-0.3, -0.25) is 14.5 Å². The summed E-state index contributed by atoms with van der Waals surface area (Å²) in [6.45, 7) is 11.2. The highest BCUT2D eigenvalue weighted by Crippen LogP contribution is 2.31. The van der Waals surface area contributed by atoms with Gasteiger partial charge >= 0.3 is 0 Å². The number of nitrogens with zero attached hydrogens (tertiary/aromatic N) is 5. The van der Waals surface area contributed by atoms with E-state index in [1.54, 1.807) is 25.1 Å². The van der Waals surface area contributed by atoms with Gasteiger partial charge in [-0.15, -0.1) is 10.2 Å². The van der Waals surface area contributed by atoms with E-state index >= 15 is 0 Å². The van der Waals surface area contributed by atoms with Crippen LogP contribution in [0.4, 0.5) is 5.69 Å². The SMILES string of the molecule is Cc1ccc(-c2nnn(CC(=O)N(c3cccc(C)c3)C(C(=O)NC(C)(C)C)c3ccc(C)o3)n2)cc1. The number of hydrogen-bond donors (Lipinski definition) is 1. The van der Waals surface area contributed by atoms with Crippen LogP contribution in [0.5, 0.6) is 0 Å². The zero-order valence-electron chi connectivity index (χ0n) is 22.0. The van der Waals surface area contributed by atoms with Gasteiger partial charge in [0.25, 0.3) is 11.8 Å². The predicted octanol–water partition coefficient (Wildman–Crippen LogP) is 4.55. The third kappa shape index (κ3) is 6.30. The number of carbonyl (C=O) groups excluding carboxylic acids is 2. The molecular formula is C28H32N6O3. The first-order chi connectivity index (χ1) is 17.5. The van der Waals surface area contributed by atoms with Crippen molar-refractivity contribution < 1.29 is 14.0 Å². The number of tetrazole rings is 1. The van der Waals surface area contributed by atoms with E-state index in [1.807, 2.05) is 77.1 Å². The molecule has 2 amide bonds. The first kappa shape index (κ1) is 25.8. The van der Waals surface area contributed by atoms with Gasteiger partial charge in [0, 0.05) is 16.8 Å². The molecule has 0 bridgehead atoms. The fourth-order valence-electron chi connectivity index (χ4n) is 3.95. The molecule has 1 unspecified atom stereocenters. The van der Waals surface area contributed by atoms with Gasteiger partial charge in [0.1, 0.15) is 18.1 Å². The maximum absolute atomic E-state index is 13.9. The van der Waals surface area contributed by atoms with Crippen LogP contribution < -0.4 is 10.2 Å². The second-order valence-electron chi connectivity index (χ2n) is 10.2. The monoisotopic (exact) mass is 500 g/mol. The van der Waals surface area contributed by atoms with Crippen molar-refractivity contribution >= 4 is 17.5 Å². The molecule has 0 spiro atoms. The molecule has 37 heavy (non-hydrogen) atoms. The molecular weight excluding hydrogens is 468 g/mol. The second kappa shape index (κ2) is 10.4. The lowest BCUT2D eigenvalue weighted by Crippen LogP contribution is -2.50. The minimum absolute atomic E-state index is 0.216. The lowest BCUT2D eigenvalue weighted by Gasteiger charge is -2.32. The Morgan fingerprint density at radius 3 is 2.35 bits per heavy atom. The Labute approximate surface area is 216 Å². The smallest absolute Gasteiger partial charge is 0.251 e. The van der Waals surface area contributed by atoms with Crippen molar-refractivity contribution in [2.45, 2.75) is 59.7 Å². The van der Waals surface area contributed by atoms with Gasteiger partial charge < -0.3 is 9.73 Å². The molecule has 0 fully saturated rings. The number of nitrogens with one attached hydrogen (secondary N) is 1. The quantitative estimate of drug-likeness (QED) is 0.399. The summed E-state index contributed by atoms with van der Waals surface area (Å²) in [6, 6.07) is 17.6. The molecule has 1 N–H and O–H groups in total. The molecule has 1 atom stereocenters. The topological polar surface area (TPSA) is 106 Å². The van der Waals surface area contributed by atoms with Crippen LogP contribution in [-0.4, -0.2) is 37.6 Å². The molecule has 192 valence electrons. The van der Waals surface area contributed by atoms with Crippen LogP contribution in [0.25, 0.3) is 11.4 Å². The molecule has 0 saturated heterocycles. The van der Waals surface area contributed by atoms with Crippen LogP contribution >= 0.6 is 0 Å².